The van der Waals surface area contributed by atoms with Crippen molar-refractivity contribution >= 4 is 17.9 Å². The van der Waals surface area contributed by atoms with E-state index in [1.165, 1.54) is 193 Å². The number of rotatable bonds is 53. The Morgan fingerprint density at radius 3 is 0.815 bits per heavy atom. The van der Waals surface area contributed by atoms with Crippen LogP contribution in [0.15, 0.2) is 0 Å². The summed E-state index contributed by atoms with van der Waals surface area (Å²) < 4.78 is 16.9. The Morgan fingerprint density at radius 1 is 0.308 bits per heavy atom. The maximum atomic E-state index is 12.8. The fourth-order valence-corrected chi connectivity index (χ4v) is 8.80. The van der Waals surface area contributed by atoms with Gasteiger partial charge in [0.25, 0.3) is 0 Å². The summed E-state index contributed by atoms with van der Waals surface area (Å²) in [7, 11) is 0. The van der Waals surface area contributed by atoms with E-state index in [9.17, 15) is 14.4 Å². The van der Waals surface area contributed by atoms with Crippen molar-refractivity contribution in [3.05, 3.63) is 0 Å². The van der Waals surface area contributed by atoms with E-state index in [1.54, 1.807) is 0 Å². The van der Waals surface area contributed by atoms with Crippen LogP contribution in [0.5, 0.6) is 0 Å². The van der Waals surface area contributed by atoms with Gasteiger partial charge in [0.05, 0.1) is 39.1 Å². The number of hydrogen-bond acceptors (Lipinski definition) is 8. The minimum atomic E-state index is -0.154. The lowest BCUT2D eigenvalue weighted by molar-refractivity contribution is -0.145. The Hall–Kier alpha value is -1.67. The summed E-state index contributed by atoms with van der Waals surface area (Å²) in [5.41, 5.74) is 0. The smallest absolute Gasteiger partial charge is 0.307 e. The van der Waals surface area contributed by atoms with Crippen molar-refractivity contribution in [2.24, 2.45) is 0 Å². The average molecular weight is 922 g/mol. The van der Waals surface area contributed by atoms with Gasteiger partial charge in [-0.25, -0.2) is 0 Å². The van der Waals surface area contributed by atoms with Gasteiger partial charge in [-0.3, -0.25) is 14.4 Å². The third-order valence-electron chi connectivity index (χ3n) is 13.3. The molecule has 65 heavy (non-hydrogen) atoms. The molecule has 0 unspecified atom stereocenters. The van der Waals surface area contributed by atoms with E-state index in [4.69, 9.17) is 14.2 Å². The zero-order valence-electron chi connectivity index (χ0n) is 44.4. The summed E-state index contributed by atoms with van der Waals surface area (Å²) in [6.07, 6.45) is 48.2. The second kappa shape index (κ2) is 51.7. The molecule has 0 aliphatic rings. The molecular formula is C57H112N2O6. The van der Waals surface area contributed by atoms with Crippen molar-refractivity contribution in [2.45, 2.75) is 297 Å². The van der Waals surface area contributed by atoms with Crippen LogP contribution in [0.3, 0.4) is 0 Å². The average Bonchev–Trinajstić information content (AvgIpc) is 3.29. The SMILES string of the molecule is CCCCCCCCCCCCCCOC(=O)CCN(CCCN(CCC(=O)OCCCCCCCCCCCCCC)C(C)C)CCC(=O)OCCCCCCCCCCCCCC. The van der Waals surface area contributed by atoms with E-state index in [0.29, 0.717) is 64.8 Å². The molecule has 0 aromatic carbocycles. The van der Waals surface area contributed by atoms with Crippen LogP contribution in [0.2, 0.25) is 0 Å². The van der Waals surface area contributed by atoms with Gasteiger partial charge in [-0.15, -0.1) is 0 Å². The zero-order chi connectivity index (χ0) is 47.5. The Bertz CT molecular complexity index is 962. The first-order chi connectivity index (χ1) is 31.8. The molecule has 0 aliphatic carbocycles. The summed E-state index contributed by atoms with van der Waals surface area (Å²) >= 11 is 0. The van der Waals surface area contributed by atoms with E-state index in [0.717, 1.165) is 58.0 Å². The lowest BCUT2D eigenvalue weighted by atomic mass is 10.1. The lowest BCUT2D eigenvalue weighted by Gasteiger charge is -2.28. The van der Waals surface area contributed by atoms with Crippen molar-refractivity contribution < 1.29 is 28.6 Å². The van der Waals surface area contributed by atoms with Crippen molar-refractivity contribution in [1.82, 2.24) is 9.80 Å². The molecule has 0 rings (SSSR count). The van der Waals surface area contributed by atoms with Gasteiger partial charge < -0.3 is 24.0 Å². The highest BCUT2D eigenvalue weighted by Crippen LogP contribution is 2.15. The van der Waals surface area contributed by atoms with Crippen LogP contribution < -0.4 is 0 Å². The highest BCUT2D eigenvalue weighted by atomic mass is 16.5. The Balaban J connectivity index is 4.56. The third kappa shape index (κ3) is 48.6. The predicted octanol–water partition coefficient (Wildman–Crippen LogP) is 16.3. The lowest BCUT2D eigenvalue weighted by Crippen LogP contribution is -2.37. The number of ether oxygens (including phenoxy) is 3. The summed E-state index contributed by atoms with van der Waals surface area (Å²) in [6.45, 7) is 16.1. The predicted molar refractivity (Wildman–Crippen MR) is 278 cm³/mol. The normalized spacial score (nSPS) is 11.6. The first kappa shape index (κ1) is 63.3. The summed E-state index contributed by atoms with van der Waals surface area (Å²) in [6, 6.07) is 0.304. The van der Waals surface area contributed by atoms with Gasteiger partial charge in [0.2, 0.25) is 0 Å². The summed E-state index contributed by atoms with van der Waals surface area (Å²) in [4.78, 5) is 42.7. The first-order valence-electron chi connectivity index (χ1n) is 28.8. The fourth-order valence-electron chi connectivity index (χ4n) is 8.80. The van der Waals surface area contributed by atoms with Crippen LogP contribution in [0.25, 0.3) is 0 Å². The van der Waals surface area contributed by atoms with E-state index in [-0.39, 0.29) is 17.9 Å². The quantitative estimate of drug-likeness (QED) is 0.0339. The molecule has 0 spiro atoms. The Morgan fingerprint density at radius 2 is 0.554 bits per heavy atom. The maximum Gasteiger partial charge on any atom is 0.307 e. The molecule has 0 saturated heterocycles. The number of esters is 3. The molecule has 0 atom stereocenters. The summed E-state index contributed by atoms with van der Waals surface area (Å²) in [5, 5.41) is 0. The van der Waals surface area contributed by atoms with Crippen LogP contribution in [-0.2, 0) is 28.6 Å². The highest BCUT2D eigenvalue weighted by molar-refractivity contribution is 5.70. The molecule has 0 aromatic rings. The number of nitrogens with zero attached hydrogens (tertiary/aromatic N) is 2. The molecule has 386 valence electrons. The molecule has 0 bridgehead atoms. The molecule has 8 nitrogen and oxygen atoms in total. The molecule has 0 aliphatic heterocycles. The standard InChI is InChI=1S/C57H112N2O6/c1-6-9-12-15-18-21-24-27-30-33-36-39-51-63-55(60)43-48-58(49-44-56(61)64-52-40-37-34-31-28-25-22-19-16-13-10-7-2)46-42-47-59(54(4)5)50-45-57(62)65-53-41-38-35-32-29-26-23-20-17-14-11-8-3/h54H,6-53H2,1-5H3. The van der Waals surface area contributed by atoms with Crippen LogP contribution in [0, 0.1) is 0 Å². The monoisotopic (exact) mass is 921 g/mol. The van der Waals surface area contributed by atoms with Gasteiger partial charge in [0.15, 0.2) is 0 Å². The number of hydrogen-bond donors (Lipinski definition) is 0. The molecule has 0 N–H and O–H groups in total. The molecule has 0 saturated carbocycles. The molecule has 8 heteroatoms. The second-order valence-corrected chi connectivity index (χ2v) is 19.9. The first-order valence-corrected chi connectivity index (χ1v) is 28.8. The van der Waals surface area contributed by atoms with Crippen molar-refractivity contribution in [1.29, 1.82) is 0 Å². The van der Waals surface area contributed by atoms with Gasteiger partial charge in [-0.1, -0.05) is 233 Å². The molecule has 0 heterocycles. The number of unbranched alkanes of at least 4 members (excludes halogenated alkanes) is 33. The topological polar surface area (TPSA) is 85.4 Å². The van der Waals surface area contributed by atoms with E-state index in [1.807, 2.05) is 0 Å². The Kier molecular flexibility index (Phi) is 50.4. The largest absolute Gasteiger partial charge is 0.466 e. The van der Waals surface area contributed by atoms with E-state index >= 15 is 0 Å². The van der Waals surface area contributed by atoms with Crippen LogP contribution in [0.4, 0.5) is 0 Å². The fraction of sp³-hybridized carbons (Fsp3) is 0.947. The van der Waals surface area contributed by atoms with Crippen molar-refractivity contribution in [3.8, 4) is 0 Å². The van der Waals surface area contributed by atoms with Gasteiger partial charge in [-0.2, -0.15) is 0 Å². The minimum Gasteiger partial charge on any atom is -0.466 e. The van der Waals surface area contributed by atoms with Crippen LogP contribution >= 0.6 is 0 Å². The highest BCUT2D eigenvalue weighted by Gasteiger charge is 2.16. The second-order valence-electron chi connectivity index (χ2n) is 19.9. The minimum absolute atomic E-state index is 0.107. The number of carbonyl (C=O) groups excluding carboxylic acids is 3. The molecule has 0 aromatic heterocycles. The van der Waals surface area contributed by atoms with E-state index < -0.39 is 0 Å². The number of carbonyl (C=O) groups is 3. The maximum absolute atomic E-state index is 12.8. The van der Waals surface area contributed by atoms with Gasteiger partial charge in [0, 0.05) is 25.7 Å². The summed E-state index contributed by atoms with van der Waals surface area (Å²) in [5.74, 6) is -0.416. The molecular weight excluding hydrogens is 809 g/mol. The van der Waals surface area contributed by atoms with Gasteiger partial charge in [0.1, 0.15) is 0 Å². The zero-order valence-corrected chi connectivity index (χ0v) is 44.4. The molecule has 0 amide bonds. The van der Waals surface area contributed by atoms with Gasteiger partial charge in [-0.05, 0) is 52.6 Å². The Labute approximate surface area is 405 Å². The molecule has 0 fully saturated rings. The van der Waals surface area contributed by atoms with Crippen molar-refractivity contribution in [3.63, 3.8) is 0 Å². The van der Waals surface area contributed by atoms with Gasteiger partial charge >= 0.3 is 17.9 Å². The molecule has 0 radical (unpaired) electrons. The van der Waals surface area contributed by atoms with Crippen LogP contribution in [-0.4, -0.2) is 86.3 Å². The third-order valence-corrected chi connectivity index (χ3v) is 13.3. The van der Waals surface area contributed by atoms with Crippen molar-refractivity contribution in [2.75, 3.05) is 52.5 Å². The van der Waals surface area contributed by atoms with Crippen LogP contribution in [0.1, 0.15) is 291 Å². The van der Waals surface area contributed by atoms with E-state index in [2.05, 4.69) is 44.4 Å².